The number of rotatable bonds is 4. The van der Waals surface area contributed by atoms with E-state index in [1.165, 1.54) is 0 Å². The lowest BCUT2D eigenvalue weighted by molar-refractivity contribution is -0.209. The molecule has 0 aromatic heterocycles. The van der Waals surface area contributed by atoms with Crippen molar-refractivity contribution in [2.24, 2.45) is 5.92 Å². The zero-order valence-electron chi connectivity index (χ0n) is 9.20. The first-order valence-electron chi connectivity index (χ1n) is 4.84. The Morgan fingerprint density at radius 2 is 2.12 bits per heavy atom. The number of hydrogen-bond donors (Lipinski definition) is 0. The first kappa shape index (κ1) is 12.8. The molecule has 0 atom stereocenters. The highest BCUT2D eigenvalue weighted by molar-refractivity contribution is 9.10. The molecule has 1 aromatic rings. The van der Waals surface area contributed by atoms with E-state index < -0.39 is 5.97 Å². The van der Waals surface area contributed by atoms with Crippen molar-refractivity contribution in [1.82, 2.24) is 0 Å². The van der Waals surface area contributed by atoms with Gasteiger partial charge in [-0.3, -0.25) is 4.89 Å². The van der Waals surface area contributed by atoms with E-state index in [1.54, 1.807) is 18.2 Å². The largest absolute Gasteiger partial charge is 0.381 e. The summed E-state index contributed by atoms with van der Waals surface area (Å²) in [6.45, 7) is 7.35. The molecule has 0 aliphatic rings. The molecule has 0 amide bonds. The van der Waals surface area contributed by atoms with Gasteiger partial charge < -0.3 is 0 Å². The number of hydrogen-bond acceptors (Lipinski definition) is 3. The number of halogens is 1. The Labute approximate surface area is 103 Å². The van der Waals surface area contributed by atoms with Gasteiger partial charge in [0, 0.05) is 10.0 Å². The van der Waals surface area contributed by atoms with Crippen LogP contribution in [0, 0.1) is 5.92 Å². The molecular weight excluding hydrogens is 272 g/mol. The Morgan fingerprint density at radius 1 is 1.44 bits per heavy atom. The van der Waals surface area contributed by atoms with Crippen LogP contribution in [0.5, 0.6) is 5.75 Å². The molecule has 1 aromatic carbocycles. The summed E-state index contributed by atoms with van der Waals surface area (Å²) in [4.78, 5) is 20.9. The molecule has 0 aliphatic heterocycles. The van der Waals surface area contributed by atoms with Gasteiger partial charge in [0.05, 0.1) is 0 Å². The van der Waals surface area contributed by atoms with Gasteiger partial charge in [0.25, 0.3) is 0 Å². The summed E-state index contributed by atoms with van der Waals surface area (Å²) in [5.41, 5.74) is 0.384. The molecule has 0 radical (unpaired) electrons. The normalized spacial score (nSPS) is 10.0. The van der Waals surface area contributed by atoms with Gasteiger partial charge in [-0.15, -0.1) is 0 Å². The lowest BCUT2D eigenvalue weighted by Gasteiger charge is -2.08. The highest BCUT2D eigenvalue weighted by atomic mass is 79.9. The van der Waals surface area contributed by atoms with Gasteiger partial charge >= 0.3 is 5.97 Å². The molecule has 0 fully saturated rings. The fourth-order valence-electron chi connectivity index (χ4n) is 0.894. The fourth-order valence-corrected chi connectivity index (χ4v) is 1.27. The van der Waals surface area contributed by atoms with Crippen LogP contribution in [0.25, 0.3) is 0 Å². The zero-order chi connectivity index (χ0) is 12.1. The van der Waals surface area contributed by atoms with Crippen LogP contribution in [0.15, 0.2) is 40.9 Å². The molecule has 0 heterocycles. The molecule has 1 rings (SSSR count). The first-order chi connectivity index (χ1) is 7.50. The lowest BCUT2D eigenvalue weighted by Crippen LogP contribution is -2.13. The average Bonchev–Trinajstić information content (AvgIpc) is 2.24. The molecule has 0 saturated heterocycles. The minimum atomic E-state index is -0.546. The Kier molecular flexibility index (Phi) is 4.55. The predicted molar refractivity (Wildman–Crippen MR) is 64.8 cm³/mol. The van der Waals surface area contributed by atoms with Crippen LogP contribution in [0.4, 0.5) is 0 Å². The minimum Gasteiger partial charge on any atom is -0.287 e. The Bertz CT molecular complexity index is 399. The van der Waals surface area contributed by atoms with Crippen LogP contribution in [-0.4, -0.2) is 5.97 Å². The highest BCUT2D eigenvalue weighted by Crippen LogP contribution is 2.18. The second-order valence-electron chi connectivity index (χ2n) is 3.59. The van der Waals surface area contributed by atoms with E-state index in [0.29, 0.717) is 11.3 Å². The van der Waals surface area contributed by atoms with Gasteiger partial charge in [-0.1, -0.05) is 42.4 Å². The van der Waals surface area contributed by atoms with Gasteiger partial charge in [-0.2, -0.15) is 0 Å². The quantitative estimate of drug-likeness (QED) is 0.482. The van der Waals surface area contributed by atoms with Crippen LogP contribution < -0.4 is 4.89 Å². The maximum atomic E-state index is 11.4. The average molecular weight is 285 g/mol. The summed E-state index contributed by atoms with van der Waals surface area (Å²) >= 11 is 3.28. The van der Waals surface area contributed by atoms with Gasteiger partial charge in [0.2, 0.25) is 0 Å². The predicted octanol–water partition coefficient (Wildman–Crippen LogP) is 3.50. The smallest absolute Gasteiger partial charge is 0.287 e. The van der Waals surface area contributed by atoms with Crippen LogP contribution >= 0.6 is 15.9 Å². The molecule has 0 bridgehead atoms. The van der Waals surface area contributed by atoms with E-state index in [1.807, 2.05) is 19.9 Å². The summed E-state index contributed by atoms with van der Waals surface area (Å²) < 4.78 is 0.851. The maximum absolute atomic E-state index is 11.4. The summed E-state index contributed by atoms with van der Waals surface area (Å²) in [7, 11) is 0. The Balaban J connectivity index is 2.52. The molecule has 0 N–H and O–H groups in total. The van der Waals surface area contributed by atoms with Gasteiger partial charge in [0.15, 0.2) is 5.75 Å². The van der Waals surface area contributed by atoms with E-state index >= 15 is 0 Å². The molecule has 16 heavy (non-hydrogen) atoms. The summed E-state index contributed by atoms with van der Waals surface area (Å²) in [6, 6.07) is 7.02. The topological polar surface area (TPSA) is 35.5 Å². The van der Waals surface area contributed by atoms with Gasteiger partial charge in [0.1, 0.15) is 0 Å². The van der Waals surface area contributed by atoms with Crippen LogP contribution in [0.2, 0.25) is 0 Å². The Hall–Kier alpha value is -1.29. The third-order valence-electron chi connectivity index (χ3n) is 1.97. The van der Waals surface area contributed by atoms with Crippen molar-refractivity contribution in [1.29, 1.82) is 0 Å². The third-order valence-corrected chi connectivity index (χ3v) is 2.46. The summed E-state index contributed by atoms with van der Waals surface area (Å²) in [5.74, 6) is -0.0483. The van der Waals surface area contributed by atoms with E-state index in [0.717, 1.165) is 4.47 Å². The van der Waals surface area contributed by atoms with Crippen molar-refractivity contribution in [3.8, 4) is 5.75 Å². The molecule has 0 unspecified atom stereocenters. The maximum Gasteiger partial charge on any atom is 0.381 e. The number of carbonyl (C=O) groups excluding carboxylic acids is 1. The number of benzene rings is 1. The van der Waals surface area contributed by atoms with Crippen LogP contribution in [0.1, 0.15) is 13.8 Å². The van der Waals surface area contributed by atoms with E-state index in [4.69, 9.17) is 4.89 Å². The monoisotopic (exact) mass is 284 g/mol. The molecule has 0 saturated carbocycles. The zero-order valence-corrected chi connectivity index (χ0v) is 10.8. The molecular formula is C12H13BrO3. The lowest BCUT2D eigenvalue weighted by atomic mass is 10.1. The molecule has 86 valence electrons. The van der Waals surface area contributed by atoms with E-state index in [2.05, 4.69) is 27.4 Å². The fraction of sp³-hybridized carbons (Fsp3) is 0.250. The van der Waals surface area contributed by atoms with Crippen molar-refractivity contribution in [3.63, 3.8) is 0 Å². The number of carbonyl (C=O) groups is 1. The van der Waals surface area contributed by atoms with Crippen molar-refractivity contribution in [3.05, 3.63) is 40.9 Å². The molecule has 0 aliphatic carbocycles. The summed E-state index contributed by atoms with van der Waals surface area (Å²) in [6.07, 6.45) is 0. The van der Waals surface area contributed by atoms with Crippen molar-refractivity contribution in [2.45, 2.75) is 13.8 Å². The van der Waals surface area contributed by atoms with Gasteiger partial charge in [-0.25, -0.2) is 9.68 Å². The third kappa shape index (κ3) is 3.70. The SMILES string of the molecule is C=C(C(=O)OOc1cccc(Br)c1)C(C)C. The Morgan fingerprint density at radius 3 is 2.69 bits per heavy atom. The second kappa shape index (κ2) is 5.70. The second-order valence-corrected chi connectivity index (χ2v) is 4.51. The van der Waals surface area contributed by atoms with Crippen LogP contribution in [-0.2, 0) is 9.68 Å². The standard InChI is InChI=1S/C12H13BrO3/c1-8(2)9(3)12(14)16-15-11-6-4-5-10(13)7-11/h4-8H,3H2,1-2H3. The van der Waals surface area contributed by atoms with Gasteiger partial charge in [-0.05, 0) is 24.1 Å². The van der Waals surface area contributed by atoms with Crippen molar-refractivity contribution in [2.75, 3.05) is 0 Å². The summed E-state index contributed by atoms with van der Waals surface area (Å²) in [5, 5.41) is 0. The highest BCUT2D eigenvalue weighted by Gasteiger charge is 2.13. The first-order valence-corrected chi connectivity index (χ1v) is 5.63. The molecule has 3 nitrogen and oxygen atoms in total. The minimum absolute atomic E-state index is 0.0404. The van der Waals surface area contributed by atoms with Crippen molar-refractivity contribution >= 4 is 21.9 Å². The molecule has 0 spiro atoms. The molecule has 4 heteroatoms. The van der Waals surface area contributed by atoms with E-state index in [-0.39, 0.29) is 5.92 Å². The van der Waals surface area contributed by atoms with E-state index in [9.17, 15) is 4.79 Å². The van der Waals surface area contributed by atoms with Crippen LogP contribution in [0.3, 0.4) is 0 Å². The van der Waals surface area contributed by atoms with Crippen molar-refractivity contribution < 1.29 is 14.6 Å².